The van der Waals surface area contributed by atoms with Crippen molar-refractivity contribution in [1.29, 1.82) is 0 Å². The Balaban J connectivity index is 1.78. The number of ether oxygens (including phenoxy) is 1. The molecule has 1 saturated heterocycles. The van der Waals surface area contributed by atoms with E-state index in [1.807, 2.05) is 0 Å². The Morgan fingerprint density at radius 2 is 1.88 bits per heavy atom. The van der Waals surface area contributed by atoms with E-state index in [9.17, 15) is 13.2 Å². The molecular formula is C15H18N4O6S. The second-order valence-electron chi connectivity index (χ2n) is 5.60. The van der Waals surface area contributed by atoms with Crippen molar-refractivity contribution in [3.05, 3.63) is 30.0 Å². The number of hydrogen-bond donors (Lipinski definition) is 3. The van der Waals surface area contributed by atoms with Crippen molar-refractivity contribution in [2.45, 2.75) is 6.92 Å². The molecule has 26 heavy (non-hydrogen) atoms. The molecule has 0 spiro atoms. The van der Waals surface area contributed by atoms with E-state index >= 15 is 0 Å². The fourth-order valence-corrected chi connectivity index (χ4v) is 3.70. The first-order chi connectivity index (χ1) is 12.4. The number of aromatic nitrogens is 1. The summed E-state index contributed by atoms with van der Waals surface area (Å²) < 4.78 is 38.8. The van der Waals surface area contributed by atoms with Crippen molar-refractivity contribution in [2.24, 2.45) is 0 Å². The topological polar surface area (TPSA) is 134 Å². The summed E-state index contributed by atoms with van der Waals surface area (Å²) in [6.07, 6.45) is -1.23. The van der Waals surface area contributed by atoms with Crippen LogP contribution in [0.3, 0.4) is 0 Å². The van der Waals surface area contributed by atoms with Gasteiger partial charge in [0.2, 0.25) is 0 Å². The maximum Gasteiger partial charge on any atom is 0.409 e. The van der Waals surface area contributed by atoms with Gasteiger partial charge in [0.1, 0.15) is 11.4 Å². The Labute approximate surface area is 149 Å². The van der Waals surface area contributed by atoms with Gasteiger partial charge in [0.05, 0.1) is 13.2 Å². The van der Waals surface area contributed by atoms with Gasteiger partial charge >= 0.3 is 16.3 Å². The number of anilines is 2. The number of morpholine rings is 1. The molecule has 1 aromatic carbocycles. The van der Waals surface area contributed by atoms with Crippen molar-refractivity contribution in [3.63, 3.8) is 0 Å². The summed E-state index contributed by atoms with van der Waals surface area (Å²) in [5, 5.41) is 14.9. The molecule has 3 rings (SSSR count). The predicted octanol–water partition coefficient (Wildman–Crippen LogP) is 1.73. The van der Waals surface area contributed by atoms with Crippen LogP contribution in [0, 0.1) is 6.92 Å². The highest BCUT2D eigenvalue weighted by Gasteiger charge is 2.24. The van der Waals surface area contributed by atoms with Crippen molar-refractivity contribution in [1.82, 2.24) is 9.46 Å². The van der Waals surface area contributed by atoms with Gasteiger partial charge in [0.15, 0.2) is 5.76 Å². The van der Waals surface area contributed by atoms with Crippen LogP contribution in [-0.2, 0) is 14.9 Å². The molecule has 1 fully saturated rings. The molecule has 2 heterocycles. The van der Waals surface area contributed by atoms with E-state index in [1.54, 1.807) is 31.2 Å². The highest BCUT2D eigenvalue weighted by molar-refractivity contribution is 7.90. The summed E-state index contributed by atoms with van der Waals surface area (Å²) in [6, 6.07) is 6.36. The summed E-state index contributed by atoms with van der Waals surface area (Å²) in [5.41, 5.74) is 1.59. The molecule has 1 amide bonds. The number of amides is 1. The molecule has 10 nitrogen and oxygen atoms in total. The van der Waals surface area contributed by atoms with E-state index in [1.165, 1.54) is 4.31 Å². The molecule has 0 unspecified atom stereocenters. The highest BCUT2D eigenvalue weighted by atomic mass is 32.2. The molecule has 140 valence electrons. The zero-order valence-electron chi connectivity index (χ0n) is 13.9. The van der Waals surface area contributed by atoms with E-state index in [-0.39, 0.29) is 11.4 Å². The summed E-state index contributed by atoms with van der Waals surface area (Å²) in [6.45, 7) is 2.95. The maximum atomic E-state index is 12.3. The average Bonchev–Trinajstić information content (AvgIpc) is 2.96. The van der Waals surface area contributed by atoms with Crippen LogP contribution < -0.4 is 10.0 Å². The molecule has 1 aliphatic rings. The number of hydrogen-bond acceptors (Lipinski definition) is 6. The third kappa shape index (κ3) is 3.95. The van der Waals surface area contributed by atoms with Gasteiger partial charge in [-0.15, -0.1) is 0 Å². The summed E-state index contributed by atoms with van der Waals surface area (Å²) in [5.74, 6) is 0.257. The first kappa shape index (κ1) is 18.2. The lowest BCUT2D eigenvalue weighted by molar-refractivity contribution is 0.0733. The monoisotopic (exact) mass is 382 g/mol. The predicted molar refractivity (Wildman–Crippen MR) is 93.3 cm³/mol. The van der Waals surface area contributed by atoms with Crippen LogP contribution in [0.15, 0.2) is 28.8 Å². The Morgan fingerprint density at radius 1 is 1.23 bits per heavy atom. The fourth-order valence-electron chi connectivity index (χ4n) is 2.51. The van der Waals surface area contributed by atoms with Crippen LogP contribution in [0.1, 0.15) is 5.69 Å². The van der Waals surface area contributed by atoms with E-state index in [0.29, 0.717) is 43.2 Å². The summed E-state index contributed by atoms with van der Waals surface area (Å²) in [4.78, 5) is 10.9. The molecule has 2 aromatic rings. The van der Waals surface area contributed by atoms with Crippen LogP contribution in [0.4, 0.5) is 16.2 Å². The normalized spacial score (nSPS) is 15.6. The minimum atomic E-state index is -3.66. The number of benzene rings is 1. The third-order valence-corrected chi connectivity index (χ3v) is 5.34. The van der Waals surface area contributed by atoms with Gasteiger partial charge in [-0.3, -0.25) is 10.0 Å². The molecule has 0 bridgehead atoms. The van der Waals surface area contributed by atoms with Crippen molar-refractivity contribution in [2.75, 3.05) is 36.3 Å². The van der Waals surface area contributed by atoms with E-state index in [2.05, 4.69) is 15.2 Å². The smallest absolute Gasteiger partial charge is 0.409 e. The number of carboxylic acid groups (broad SMARTS) is 1. The van der Waals surface area contributed by atoms with Crippen LogP contribution in [0.25, 0.3) is 11.3 Å². The molecule has 11 heteroatoms. The van der Waals surface area contributed by atoms with E-state index in [4.69, 9.17) is 14.4 Å². The van der Waals surface area contributed by atoms with Crippen molar-refractivity contribution < 1.29 is 27.6 Å². The second-order valence-corrected chi connectivity index (χ2v) is 7.27. The van der Waals surface area contributed by atoms with Gasteiger partial charge in [-0.05, 0) is 31.2 Å². The molecule has 1 aromatic heterocycles. The second kappa shape index (κ2) is 7.32. The molecule has 0 radical (unpaired) electrons. The Morgan fingerprint density at radius 3 is 2.50 bits per heavy atom. The quantitative estimate of drug-likeness (QED) is 0.717. The maximum absolute atomic E-state index is 12.3. The zero-order valence-corrected chi connectivity index (χ0v) is 14.7. The number of nitrogens with zero attached hydrogens (tertiary/aromatic N) is 2. The lowest BCUT2D eigenvalue weighted by Gasteiger charge is -2.26. The number of carbonyl (C=O) groups is 1. The van der Waals surface area contributed by atoms with Gasteiger partial charge in [-0.25, -0.2) is 4.79 Å². The SMILES string of the molecule is Cc1noc(-c2ccc(NS(=O)(=O)N3CCOCC3)cc2)c1NC(=O)O. The Hall–Kier alpha value is -2.63. The minimum Gasteiger partial charge on any atom is -0.465 e. The molecule has 3 N–H and O–H groups in total. The highest BCUT2D eigenvalue weighted by Crippen LogP contribution is 2.31. The largest absolute Gasteiger partial charge is 0.465 e. The Kier molecular flexibility index (Phi) is 5.11. The molecule has 1 aliphatic heterocycles. The standard InChI is InChI=1S/C15H18N4O6S/c1-10-13(16-15(20)21)14(25-17-10)11-2-4-12(5-3-11)18-26(22,23)19-6-8-24-9-7-19/h2-5,16,18H,6-9H2,1H3,(H,20,21). The van der Waals surface area contributed by atoms with Gasteiger partial charge in [-0.2, -0.15) is 12.7 Å². The van der Waals surface area contributed by atoms with Gasteiger partial charge in [-0.1, -0.05) is 5.16 Å². The number of rotatable bonds is 5. The van der Waals surface area contributed by atoms with Gasteiger partial charge in [0.25, 0.3) is 0 Å². The van der Waals surface area contributed by atoms with Crippen molar-refractivity contribution >= 4 is 27.7 Å². The molecule has 0 saturated carbocycles. The number of aryl methyl sites for hydroxylation is 1. The molecular weight excluding hydrogens is 364 g/mol. The van der Waals surface area contributed by atoms with E-state index in [0.717, 1.165) is 0 Å². The van der Waals surface area contributed by atoms with Crippen LogP contribution in [0.5, 0.6) is 0 Å². The Bertz CT molecular complexity index is 887. The lowest BCUT2D eigenvalue weighted by Crippen LogP contribution is -2.43. The van der Waals surface area contributed by atoms with Crippen LogP contribution in [0.2, 0.25) is 0 Å². The number of nitrogens with one attached hydrogen (secondary N) is 2. The van der Waals surface area contributed by atoms with Crippen LogP contribution in [-0.4, -0.2) is 55.4 Å². The molecule has 0 atom stereocenters. The summed E-state index contributed by atoms with van der Waals surface area (Å²) in [7, 11) is -3.66. The zero-order chi connectivity index (χ0) is 18.7. The lowest BCUT2D eigenvalue weighted by atomic mass is 10.1. The van der Waals surface area contributed by atoms with Gasteiger partial charge in [0, 0.05) is 24.3 Å². The minimum absolute atomic E-state index is 0.249. The summed E-state index contributed by atoms with van der Waals surface area (Å²) >= 11 is 0. The van der Waals surface area contributed by atoms with Gasteiger partial charge < -0.3 is 14.4 Å². The fraction of sp³-hybridized carbons (Fsp3) is 0.333. The van der Waals surface area contributed by atoms with Crippen LogP contribution >= 0.6 is 0 Å². The first-order valence-corrected chi connectivity index (χ1v) is 9.23. The average molecular weight is 382 g/mol. The molecule has 0 aliphatic carbocycles. The van der Waals surface area contributed by atoms with Crippen molar-refractivity contribution in [3.8, 4) is 11.3 Å². The van der Waals surface area contributed by atoms with E-state index < -0.39 is 16.3 Å². The third-order valence-electron chi connectivity index (χ3n) is 3.80. The first-order valence-electron chi connectivity index (χ1n) is 7.79.